The molecule has 1 N–H and O–H groups in total. The maximum absolute atomic E-state index is 11.9. The second-order valence-corrected chi connectivity index (χ2v) is 4.54. The molecule has 1 aliphatic rings. The molecule has 3 nitrogen and oxygen atoms in total. The first-order chi connectivity index (χ1) is 6.68. The van der Waals surface area contributed by atoms with Gasteiger partial charge in [-0.1, -0.05) is 0 Å². The molecular weight excluding hydrogens is 198 g/mol. The molecule has 1 aromatic heterocycles. The molecule has 0 unspecified atom stereocenters. The van der Waals surface area contributed by atoms with Gasteiger partial charge in [-0.25, -0.2) is 0 Å². The minimum atomic E-state index is -0.334. The quantitative estimate of drug-likeness (QED) is 0.759. The fourth-order valence-electron chi connectivity index (χ4n) is 1.66. The summed E-state index contributed by atoms with van der Waals surface area (Å²) in [5.74, 6) is 0.0639. The number of carbonyl (C=O) groups excluding carboxylic acids is 1. The average molecular weight is 211 g/mol. The number of β-amino-alcohol motifs (C(OH)–C–C–N with tert-alkyl or cyclic N) is 1. The third kappa shape index (κ3) is 1.67. The Morgan fingerprint density at radius 2 is 2.50 bits per heavy atom. The Morgan fingerprint density at radius 3 is 3.00 bits per heavy atom. The van der Waals surface area contributed by atoms with Gasteiger partial charge in [0, 0.05) is 13.1 Å². The molecule has 1 fully saturated rings. The molecule has 1 saturated heterocycles. The maximum Gasteiger partial charge on any atom is 0.264 e. The summed E-state index contributed by atoms with van der Waals surface area (Å²) in [6.45, 7) is 3.10. The average Bonchev–Trinajstić information content (AvgIpc) is 2.73. The van der Waals surface area contributed by atoms with Gasteiger partial charge in [-0.3, -0.25) is 4.79 Å². The van der Waals surface area contributed by atoms with Crippen LogP contribution in [0.15, 0.2) is 11.4 Å². The Morgan fingerprint density at radius 1 is 1.71 bits per heavy atom. The fourth-order valence-corrected chi connectivity index (χ4v) is 2.55. The van der Waals surface area contributed by atoms with E-state index in [1.54, 1.807) is 4.90 Å². The van der Waals surface area contributed by atoms with Crippen LogP contribution in [0.1, 0.15) is 21.7 Å². The van der Waals surface area contributed by atoms with Gasteiger partial charge in [0.2, 0.25) is 0 Å². The van der Waals surface area contributed by atoms with Gasteiger partial charge in [0.15, 0.2) is 0 Å². The van der Waals surface area contributed by atoms with Crippen LogP contribution < -0.4 is 0 Å². The molecule has 1 atom stereocenters. The minimum Gasteiger partial charge on any atom is -0.391 e. The molecule has 0 aromatic carbocycles. The van der Waals surface area contributed by atoms with Gasteiger partial charge in [-0.05, 0) is 30.4 Å². The highest BCUT2D eigenvalue weighted by molar-refractivity contribution is 7.12. The highest BCUT2D eigenvalue weighted by atomic mass is 32.1. The van der Waals surface area contributed by atoms with Crippen LogP contribution in [0.3, 0.4) is 0 Å². The van der Waals surface area contributed by atoms with E-state index in [1.807, 2.05) is 18.4 Å². The number of aliphatic hydroxyl groups is 1. The number of amides is 1. The van der Waals surface area contributed by atoms with E-state index in [0.29, 0.717) is 19.5 Å². The van der Waals surface area contributed by atoms with Crippen LogP contribution in [0.25, 0.3) is 0 Å². The van der Waals surface area contributed by atoms with Crippen molar-refractivity contribution in [2.24, 2.45) is 0 Å². The van der Waals surface area contributed by atoms with Crippen molar-refractivity contribution in [2.75, 3.05) is 13.1 Å². The summed E-state index contributed by atoms with van der Waals surface area (Å²) in [5.41, 5.74) is 1.03. The molecule has 4 heteroatoms. The molecule has 0 bridgehead atoms. The van der Waals surface area contributed by atoms with Crippen LogP contribution in [0.5, 0.6) is 0 Å². The SMILES string of the molecule is Cc1ccsc1C(=O)N1CC[C@@H](O)C1. The molecule has 0 spiro atoms. The summed E-state index contributed by atoms with van der Waals surface area (Å²) in [6, 6.07) is 1.95. The molecule has 76 valence electrons. The van der Waals surface area contributed by atoms with Crippen molar-refractivity contribution in [3.8, 4) is 0 Å². The lowest BCUT2D eigenvalue weighted by Crippen LogP contribution is -2.29. The van der Waals surface area contributed by atoms with Gasteiger partial charge < -0.3 is 10.0 Å². The number of likely N-dealkylation sites (tertiary alicyclic amines) is 1. The monoisotopic (exact) mass is 211 g/mol. The molecule has 14 heavy (non-hydrogen) atoms. The van der Waals surface area contributed by atoms with E-state index >= 15 is 0 Å². The summed E-state index contributed by atoms with van der Waals surface area (Å²) in [5, 5.41) is 11.3. The van der Waals surface area contributed by atoms with Crippen molar-refractivity contribution < 1.29 is 9.90 Å². The molecule has 0 aliphatic carbocycles. The number of rotatable bonds is 1. The van der Waals surface area contributed by atoms with Crippen LogP contribution >= 0.6 is 11.3 Å². The van der Waals surface area contributed by atoms with Crippen molar-refractivity contribution in [3.05, 3.63) is 21.9 Å². The number of carbonyl (C=O) groups is 1. The minimum absolute atomic E-state index is 0.0639. The Hall–Kier alpha value is -0.870. The van der Waals surface area contributed by atoms with Crippen LogP contribution in [0, 0.1) is 6.92 Å². The van der Waals surface area contributed by atoms with Crippen molar-refractivity contribution in [1.82, 2.24) is 4.90 Å². The molecule has 2 heterocycles. The number of aliphatic hydroxyl groups excluding tert-OH is 1. The first-order valence-electron chi connectivity index (χ1n) is 4.70. The third-order valence-electron chi connectivity index (χ3n) is 2.51. The topological polar surface area (TPSA) is 40.5 Å². The number of nitrogens with zero attached hydrogens (tertiary/aromatic N) is 1. The van der Waals surface area contributed by atoms with Gasteiger partial charge in [-0.15, -0.1) is 11.3 Å². The standard InChI is InChI=1S/C10H13NO2S/c1-7-3-5-14-9(7)10(13)11-4-2-8(12)6-11/h3,5,8,12H,2,4,6H2,1H3/t8-/m1/s1. The largest absolute Gasteiger partial charge is 0.391 e. The summed E-state index contributed by atoms with van der Waals surface area (Å²) < 4.78 is 0. The lowest BCUT2D eigenvalue weighted by Gasteiger charge is -2.14. The molecule has 0 saturated carbocycles. The van der Waals surface area contributed by atoms with Crippen molar-refractivity contribution in [2.45, 2.75) is 19.4 Å². The van der Waals surface area contributed by atoms with Crippen LogP contribution in [-0.2, 0) is 0 Å². The first kappa shape index (κ1) is 9.68. The normalized spacial score (nSPS) is 21.6. The zero-order valence-electron chi connectivity index (χ0n) is 8.06. The number of thiophene rings is 1. The van der Waals surface area contributed by atoms with E-state index in [1.165, 1.54) is 11.3 Å². The van der Waals surface area contributed by atoms with Crippen LogP contribution in [0.4, 0.5) is 0 Å². The van der Waals surface area contributed by atoms with Crippen molar-refractivity contribution in [1.29, 1.82) is 0 Å². The van der Waals surface area contributed by atoms with Crippen LogP contribution in [-0.4, -0.2) is 35.1 Å². The lowest BCUT2D eigenvalue weighted by molar-refractivity contribution is 0.0769. The summed E-state index contributed by atoms with van der Waals surface area (Å²) in [6.07, 6.45) is 0.370. The molecule has 1 amide bonds. The molecular formula is C10H13NO2S. The summed E-state index contributed by atoms with van der Waals surface area (Å²) >= 11 is 1.47. The lowest BCUT2D eigenvalue weighted by atomic mass is 10.3. The Bertz CT molecular complexity index is 348. The highest BCUT2D eigenvalue weighted by Crippen LogP contribution is 2.20. The van der Waals surface area contributed by atoms with Gasteiger partial charge in [0.05, 0.1) is 11.0 Å². The number of aryl methyl sites for hydroxylation is 1. The number of hydrogen-bond acceptors (Lipinski definition) is 3. The zero-order valence-corrected chi connectivity index (χ0v) is 8.88. The van der Waals surface area contributed by atoms with E-state index in [9.17, 15) is 9.90 Å². The summed E-state index contributed by atoms with van der Waals surface area (Å²) in [4.78, 5) is 14.4. The first-order valence-corrected chi connectivity index (χ1v) is 5.58. The Labute approximate surface area is 87.0 Å². The van der Waals surface area contributed by atoms with Gasteiger partial charge in [0.1, 0.15) is 0 Å². The van der Waals surface area contributed by atoms with Gasteiger partial charge >= 0.3 is 0 Å². The molecule has 2 rings (SSSR count). The molecule has 0 radical (unpaired) electrons. The van der Waals surface area contributed by atoms with E-state index in [0.717, 1.165) is 10.4 Å². The van der Waals surface area contributed by atoms with E-state index in [-0.39, 0.29) is 12.0 Å². The Kier molecular flexibility index (Phi) is 2.56. The second-order valence-electron chi connectivity index (χ2n) is 3.63. The van der Waals surface area contributed by atoms with Crippen LogP contribution in [0.2, 0.25) is 0 Å². The maximum atomic E-state index is 11.9. The smallest absolute Gasteiger partial charge is 0.264 e. The highest BCUT2D eigenvalue weighted by Gasteiger charge is 2.26. The van der Waals surface area contributed by atoms with E-state index in [2.05, 4.69) is 0 Å². The molecule has 1 aromatic rings. The summed E-state index contributed by atoms with van der Waals surface area (Å²) in [7, 11) is 0. The fraction of sp³-hybridized carbons (Fsp3) is 0.500. The zero-order chi connectivity index (χ0) is 10.1. The van der Waals surface area contributed by atoms with E-state index in [4.69, 9.17) is 0 Å². The third-order valence-corrected chi connectivity index (χ3v) is 3.51. The van der Waals surface area contributed by atoms with Gasteiger partial charge in [0.25, 0.3) is 5.91 Å². The van der Waals surface area contributed by atoms with Crippen molar-refractivity contribution in [3.63, 3.8) is 0 Å². The second kappa shape index (κ2) is 3.71. The number of hydrogen-bond donors (Lipinski definition) is 1. The molecule has 1 aliphatic heterocycles. The van der Waals surface area contributed by atoms with Gasteiger partial charge in [-0.2, -0.15) is 0 Å². The van der Waals surface area contributed by atoms with Crippen molar-refractivity contribution >= 4 is 17.2 Å². The Balaban J connectivity index is 2.13. The van der Waals surface area contributed by atoms with E-state index < -0.39 is 0 Å². The predicted octanol–water partition coefficient (Wildman–Crippen LogP) is 1.26. The predicted molar refractivity (Wildman–Crippen MR) is 55.6 cm³/mol.